The topological polar surface area (TPSA) is 70.2 Å². The van der Waals surface area contributed by atoms with Crippen LogP contribution in [0.25, 0.3) is 0 Å². The molecule has 0 unspecified atom stereocenters. The van der Waals surface area contributed by atoms with Gasteiger partial charge < -0.3 is 15.5 Å². The Morgan fingerprint density at radius 3 is 2.57 bits per heavy atom. The summed E-state index contributed by atoms with van der Waals surface area (Å²) in [6.07, 6.45) is 7.84. The Bertz CT molecular complexity index is 816. The van der Waals surface area contributed by atoms with Crippen molar-refractivity contribution in [3.05, 3.63) is 42.3 Å². The highest BCUT2D eigenvalue weighted by molar-refractivity contribution is 5.79. The number of amides is 1. The number of anilines is 3. The van der Waals surface area contributed by atoms with Crippen molar-refractivity contribution in [1.29, 1.82) is 0 Å². The highest BCUT2D eigenvalue weighted by Gasteiger charge is 2.27. The van der Waals surface area contributed by atoms with Gasteiger partial charge in [-0.3, -0.25) is 4.79 Å². The summed E-state index contributed by atoms with van der Waals surface area (Å²) < 4.78 is 13.8. The van der Waals surface area contributed by atoms with Gasteiger partial charge >= 0.3 is 0 Å². The number of piperidine rings is 1. The third-order valence-electron chi connectivity index (χ3n) is 5.63. The molecular weight excluding hydrogens is 357 g/mol. The SMILES string of the molecule is O=C(NC1CCN(c2nccc(Nc3ccccc3F)n2)CC1)C1CCCC1. The summed E-state index contributed by atoms with van der Waals surface area (Å²) in [5.41, 5.74) is 0.389. The molecule has 1 saturated heterocycles. The Kier molecular flexibility index (Phi) is 5.69. The van der Waals surface area contributed by atoms with E-state index in [1.165, 1.54) is 18.9 Å². The molecule has 1 aliphatic carbocycles. The van der Waals surface area contributed by atoms with Crippen molar-refractivity contribution in [3.63, 3.8) is 0 Å². The van der Waals surface area contributed by atoms with Crippen molar-refractivity contribution in [3.8, 4) is 0 Å². The average Bonchev–Trinajstić information content (AvgIpc) is 3.26. The Morgan fingerprint density at radius 2 is 1.82 bits per heavy atom. The average molecular weight is 383 g/mol. The first-order valence-electron chi connectivity index (χ1n) is 10.1. The number of nitrogens with one attached hydrogen (secondary N) is 2. The summed E-state index contributed by atoms with van der Waals surface area (Å²) in [6.45, 7) is 1.58. The molecule has 7 heteroatoms. The van der Waals surface area contributed by atoms with Crippen LogP contribution in [0, 0.1) is 11.7 Å². The lowest BCUT2D eigenvalue weighted by atomic mass is 10.0. The second-order valence-electron chi connectivity index (χ2n) is 7.60. The van der Waals surface area contributed by atoms with Gasteiger partial charge in [-0.05, 0) is 43.9 Å². The van der Waals surface area contributed by atoms with Crippen LogP contribution in [0.1, 0.15) is 38.5 Å². The van der Waals surface area contributed by atoms with Crippen LogP contribution in [-0.4, -0.2) is 35.0 Å². The molecule has 2 heterocycles. The first-order chi connectivity index (χ1) is 13.7. The molecule has 0 spiro atoms. The van der Waals surface area contributed by atoms with E-state index in [9.17, 15) is 9.18 Å². The second kappa shape index (κ2) is 8.54. The van der Waals surface area contributed by atoms with E-state index in [4.69, 9.17) is 0 Å². The molecule has 148 valence electrons. The molecule has 0 atom stereocenters. The third kappa shape index (κ3) is 4.40. The van der Waals surface area contributed by atoms with Crippen LogP contribution < -0.4 is 15.5 Å². The first kappa shape index (κ1) is 18.7. The lowest BCUT2D eigenvalue weighted by Crippen LogP contribution is -2.46. The fourth-order valence-corrected chi connectivity index (χ4v) is 4.00. The van der Waals surface area contributed by atoms with E-state index < -0.39 is 0 Å². The van der Waals surface area contributed by atoms with E-state index in [2.05, 4.69) is 25.5 Å². The van der Waals surface area contributed by atoms with Crippen molar-refractivity contribution in [2.75, 3.05) is 23.3 Å². The summed E-state index contributed by atoms with van der Waals surface area (Å²) in [5, 5.41) is 6.23. The van der Waals surface area contributed by atoms with Gasteiger partial charge in [-0.2, -0.15) is 4.98 Å². The minimum atomic E-state index is -0.318. The highest BCUT2D eigenvalue weighted by atomic mass is 19.1. The molecular formula is C21H26FN5O. The number of carbonyl (C=O) groups is 1. The monoisotopic (exact) mass is 383 g/mol. The fourth-order valence-electron chi connectivity index (χ4n) is 4.00. The van der Waals surface area contributed by atoms with E-state index in [1.807, 2.05) is 0 Å². The number of halogens is 1. The Hall–Kier alpha value is -2.70. The number of rotatable bonds is 5. The molecule has 2 N–H and O–H groups in total. The third-order valence-corrected chi connectivity index (χ3v) is 5.63. The zero-order valence-corrected chi connectivity index (χ0v) is 15.9. The van der Waals surface area contributed by atoms with Crippen molar-refractivity contribution in [1.82, 2.24) is 15.3 Å². The standard InChI is InChI=1S/C21H26FN5O/c22-17-7-3-4-8-18(17)25-19-9-12-23-21(26-19)27-13-10-16(11-14-27)24-20(28)15-5-1-2-6-15/h3-4,7-9,12,15-16H,1-2,5-6,10-11,13-14H2,(H,24,28)(H,23,25,26). The smallest absolute Gasteiger partial charge is 0.227 e. The van der Waals surface area contributed by atoms with Crippen LogP contribution in [0.15, 0.2) is 36.5 Å². The quantitative estimate of drug-likeness (QED) is 0.825. The van der Waals surface area contributed by atoms with Gasteiger partial charge in [0.25, 0.3) is 0 Å². The number of para-hydroxylation sites is 1. The zero-order valence-electron chi connectivity index (χ0n) is 15.9. The molecule has 1 aliphatic heterocycles. The largest absolute Gasteiger partial charge is 0.353 e. The molecule has 1 saturated carbocycles. The highest BCUT2D eigenvalue weighted by Crippen LogP contribution is 2.26. The van der Waals surface area contributed by atoms with Gasteiger partial charge in [0, 0.05) is 31.2 Å². The van der Waals surface area contributed by atoms with Gasteiger partial charge in [0.2, 0.25) is 11.9 Å². The number of benzene rings is 1. The molecule has 1 aromatic carbocycles. The molecule has 0 bridgehead atoms. The van der Waals surface area contributed by atoms with E-state index >= 15 is 0 Å². The van der Waals surface area contributed by atoms with Crippen molar-refractivity contribution >= 4 is 23.4 Å². The fraction of sp³-hybridized carbons (Fsp3) is 0.476. The number of carbonyl (C=O) groups excluding carboxylic acids is 1. The Balaban J connectivity index is 1.33. The summed E-state index contributed by atoms with van der Waals surface area (Å²) in [4.78, 5) is 23.3. The van der Waals surface area contributed by atoms with Crippen molar-refractivity contribution in [2.24, 2.45) is 5.92 Å². The Morgan fingerprint density at radius 1 is 1.07 bits per heavy atom. The van der Waals surface area contributed by atoms with Gasteiger partial charge in [-0.1, -0.05) is 25.0 Å². The molecule has 0 radical (unpaired) electrons. The molecule has 2 fully saturated rings. The summed E-state index contributed by atoms with van der Waals surface area (Å²) >= 11 is 0. The number of nitrogens with zero attached hydrogens (tertiary/aromatic N) is 3. The normalized spacial score (nSPS) is 18.2. The van der Waals surface area contributed by atoms with Gasteiger partial charge in [0.05, 0.1) is 5.69 Å². The van der Waals surface area contributed by atoms with Crippen LogP contribution in [0.5, 0.6) is 0 Å². The van der Waals surface area contributed by atoms with Crippen LogP contribution in [0.4, 0.5) is 21.8 Å². The predicted molar refractivity (Wildman–Crippen MR) is 107 cm³/mol. The minimum Gasteiger partial charge on any atom is -0.353 e. The first-order valence-corrected chi connectivity index (χ1v) is 10.1. The molecule has 6 nitrogen and oxygen atoms in total. The molecule has 2 aliphatic rings. The number of aromatic nitrogens is 2. The summed E-state index contributed by atoms with van der Waals surface area (Å²) in [5.74, 6) is 1.31. The molecule has 4 rings (SSSR count). The maximum absolute atomic E-state index is 13.8. The van der Waals surface area contributed by atoms with Crippen LogP contribution in [-0.2, 0) is 4.79 Å². The van der Waals surface area contributed by atoms with E-state index in [-0.39, 0.29) is 23.7 Å². The Labute approximate surface area is 164 Å². The minimum absolute atomic E-state index is 0.211. The lowest BCUT2D eigenvalue weighted by molar-refractivity contribution is -0.125. The van der Waals surface area contributed by atoms with E-state index in [0.29, 0.717) is 17.5 Å². The van der Waals surface area contributed by atoms with Crippen LogP contribution >= 0.6 is 0 Å². The predicted octanol–water partition coefficient (Wildman–Crippen LogP) is 3.63. The van der Waals surface area contributed by atoms with Gasteiger partial charge in [-0.15, -0.1) is 0 Å². The number of hydrogen-bond acceptors (Lipinski definition) is 5. The number of hydrogen-bond donors (Lipinski definition) is 2. The van der Waals surface area contributed by atoms with Gasteiger partial charge in [0.1, 0.15) is 11.6 Å². The summed E-state index contributed by atoms with van der Waals surface area (Å²) in [7, 11) is 0. The van der Waals surface area contributed by atoms with Gasteiger partial charge in [0.15, 0.2) is 0 Å². The molecule has 1 aromatic heterocycles. The van der Waals surface area contributed by atoms with Gasteiger partial charge in [-0.25, -0.2) is 9.37 Å². The molecule has 28 heavy (non-hydrogen) atoms. The second-order valence-corrected chi connectivity index (χ2v) is 7.60. The molecule has 1 amide bonds. The van der Waals surface area contributed by atoms with Crippen molar-refractivity contribution < 1.29 is 9.18 Å². The van der Waals surface area contributed by atoms with E-state index in [1.54, 1.807) is 30.5 Å². The van der Waals surface area contributed by atoms with E-state index in [0.717, 1.165) is 38.8 Å². The maximum atomic E-state index is 13.8. The molecule has 2 aromatic rings. The van der Waals surface area contributed by atoms with Crippen LogP contribution in [0.2, 0.25) is 0 Å². The van der Waals surface area contributed by atoms with Crippen LogP contribution in [0.3, 0.4) is 0 Å². The lowest BCUT2D eigenvalue weighted by Gasteiger charge is -2.33. The van der Waals surface area contributed by atoms with Crippen molar-refractivity contribution in [2.45, 2.75) is 44.6 Å². The zero-order chi connectivity index (χ0) is 19.3. The maximum Gasteiger partial charge on any atom is 0.227 e. The summed E-state index contributed by atoms with van der Waals surface area (Å²) in [6, 6.07) is 8.47.